The lowest BCUT2D eigenvalue weighted by Gasteiger charge is -2.38. The third kappa shape index (κ3) is 5.30. The molecule has 2 fully saturated rings. The number of halogens is 1. The van der Waals surface area contributed by atoms with Crippen LogP contribution < -0.4 is 4.90 Å². The summed E-state index contributed by atoms with van der Waals surface area (Å²) in [5.74, 6) is -0.980. The summed E-state index contributed by atoms with van der Waals surface area (Å²) in [6, 6.07) is 1.62. The predicted octanol–water partition coefficient (Wildman–Crippen LogP) is 3.90. The molecule has 0 atom stereocenters. The molecule has 7 nitrogen and oxygen atoms in total. The van der Waals surface area contributed by atoms with E-state index in [9.17, 15) is 9.59 Å². The first-order valence-corrected chi connectivity index (χ1v) is 11.3. The minimum absolute atomic E-state index is 0.0123. The summed E-state index contributed by atoms with van der Waals surface area (Å²) in [7, 11) is 4.57. The Hall–Kier alpha value is -2.03. The second kappa shape index (κ2) is 11.2. The Morgan fingerprint density at radius 3 is 2.19 bits per heavy atom. The van der Waals surface area contributed by atoms with E-state index in [-0.39, 0.29) is 29.6 Å². The number of methoxy groups -OCH3 is 3. The van der Waals surface area contributed by atoms with Gasteiger partial charge in [0.15, 0.2) is 18.4 Å². The van der Waals surface area contributed by atoms with Gasteiger partial charge in [0.1, 0.15) is 0 Å². The van der Waals surface area contributed by atoms with Gasteiger partial charge < -0.3 is 23.8 Å². The molecular formula is C24H34FNO6. The van der Waals surface area contributed by atoms with Gasteiger partial charge in [0.05, 0.1) is 36.1 Å². The third-order valence-corrected chi connectivity index (χ3v) is 6.72. The first-order chi connectivity index (χ1) is 15.4. The summed E-state index contributed by atoms with van der Waals surface area (Å²) in [6.07, 6.45) is 6.18. The van der Waals surface area contributed by atoms with Gasteiger partial charge >= 0.3 is 5.97 Å². The van der Waals surface area contributed by atoms with Crippen LogP contribution >= 0.6 is 0 Å². The summed E-state index contributed by atoms with van der Waals surface area (Å²) in [5.41, 5.74) is 0.617. The number of aryl methyl sites for hydroxylation is 1. The normalized spacial score (nSPS) is 22.2. The van der Waals surface area contributed by atoms with E-state index in [0.717, 1.165) is 38.5 Å². The van der Waals surface area contributed by atoms with Gasteiger partial charge in [-0.2, -0.15) is 0 Å². The van der Waals surface area contributed by atoms with Crippen molar-refractivity contribution in [3.05, 3.63) is 28.6 Å². The fourth-order valence-corrected chi connectivity index (χ4v) is 5.00. The number of anilines is 1. The molecule has 0 unspecified atom stereocenters. The Morgan fingerprint density at radius 1 is 1.06 bits per heavy atom. The maximum atomic E-state index is 15.1. The SMILES string of the molecule is COC(=O)c1c(C)cc(N2CCC(OC3CCC(C(OC)OC)CC3)CC2)c(F)c1C=O. The van der Waals surface area contributed by atoms with Crippen LogP contribution in [-0.2, 0) is 18.9 Å². The van der Waals surface area contributed by atoms with Crippen molar-refractivity contribution < 1.29 is 32.9 Å². The molecule has 0 aromatic heterocycles. The molecule has 1 aliphatic heterocycles. The zero-order chi connectivity index (χ0) is 23.3. The second-order valence-electron chi connectivity index (χ2n) is 8.62. The Labute approximate surface area is 189 Å². The van der Waals surface area contributed by atoms with Crippen LogP contribution in [0.15, 0.2) is 6.07 Å². The molecule has 0 bridgehead atoms. The summed E-state index contributed by atoms with van der Waals surface area (Å²) in [6.45, 7) is 2.94. The Morgan fingerprint density at radius 2 is 1.66 bits per heavy atom. The summed E-state index contributed by atoms with van der Waals surface area (Å²) >= 11 is 0. The van der Waals surface area contributed by atoms with Crippen molar-refractivity contribution in [1.29, 1.82) is 0 Å². The van der Waals surface area contributed by atoms with Crippen molar-refractivity contribution >= 4 is 17.9 Å². The first kappa shape index (κ1) is 24.6. The number of hydrogen-bond acceptors (Lipinski definition) is 7. The average Bonchev–Trinajstić information content (AvgIpc) is 2.82. The zero-order valence-electron chi connectivity index (χ0n) is 19.4. The molecule has 3 rings (SSSR count). The van der Waals surface area contributed by atoms with Crippen LogP contribution in [0, 0.1) is 18.7 Å². The van der Waals surface area contributed by atoms with Crippen molar-refractivity contribution in [2.75, 3.05) is 39.3 Å². The number of piperidine rings is 1. The molecule has 8 heteroatoms. The molecule has 1 aromatic rings. The number of rotatable bonds is 8. The largest absolute Gasteiger partial charge is 0.465 e. The molecule has 1 saturated heterocycles. The van der Waals surface area contributed by atoms with E-state index in [0.29, 0.717) is 36.5 Å². The third-order valence-electron chi connectivity index (χ3n) is 6.72. The highest BCUT2D eigenvalue weighted by Crippen LogP contribution is 2.33. The maximum Gasteiger partial charge on any atom is 0.338 e. The van der Waals surface area contributed by atoms with E-state index in [4.69, 9.17) is 18.9 Å². The maximum absolute atomic E-state index is 15.1. The van der Waals surface area contributed by atoms with Crippen LogP contribution in [0.25, 0.3) is 0 Å². The van der Waals surface area contributed by atoms with E-state index in [1.807, 2.05) is 4.90 Å². The topological polar surface area (TPSA) is 74.3 Å². The molecule has 1 heterocycles. The van der Waals surface area contributed by atoms with E-state index >= 15 is 4.39 Å². The number of ether oxygens (including phenoxy) is 4. The summed E-state index contributed by atoms with van der Waals surface area (Å²) < 4.78 is 36.9. The monoisotopic (exact) mass is 451 g/mol. The number of hydrogen-bond donors (Lipinski definition) is 0. The highest BCUT2D eigenvalue weighted by molar-refractivity contribution is 6.00. The lowest BCUT2D eigenvalue weighted by atomic mass is 9.86. The van der Waals surface area contributed by atoms with Gasteiger partial charge in [-0.3, -0.25) is 4.79 Å². The van der Waals surface area contributed by atoms with E-state index in [2.05, 4.69) is 0 Å². The van der Waals surface area contributed by atoms with E-state index < -0.39 is 11.8 Å². The number of carbonyl (C=O) groups excluding carboxylic acids is 2. The minimum atomic E-state index is -0.709. The first-order valence-electron chi connectivity index (χ1n) is 11.3. The van der Waals surface area contributed by atoms with Gasteiger partial charge in [0.25, 0.3) is 0 Å². The van der Waals surface area contributed by atoms with Gasteiger partial charge in [-0.1, -0.05) is 0 Å². The van der Waals surface area contributed by atoms with Crippen molar-refractivity contribution in [1.82, 2.24) is 0 Å². The van der Waals surface area contributed by atoms with Crippen LogP contribution in [-0.4, -0.2) is 65.2 Å². The second-order valence-corrected chi connectivity index (χ2v) is 8.62. The van der Waals surface area contributed by atoms with Gasteiger partial charge in [0, 0.05) is 33.2 Å². The van der Waals surface area contributed by atoms with E-state index in [1.165, 1.54) is 7.11 Å². The Balaban J connectivity index is 1.58. The predicted molar refractivity (Wildman–Crippen MR) is 118 cm³/mol. The minimum Gasteiger partial charge on any atom is -0.465 e. The molecule has 1 saturated carbocycles. The number of carbonyl (C=O) groups is 2. The standard InChI is InChI=1S/C24H34FNO6/c1-15-13-20(22(25)19(14-27)21(15)23(28)29-2)26-11-9-18(10-12-26)32-17-7-5-16(6-8-17)24(30-3)31-4/h13-14,16-18,24H,5-12H2,1-4H3. The van der Waals surface area contributed by atoms with Gasteiger partial charge in [0.2, 0.25) is 0 Å². The molecule has 0 amide bonds. The highest BCUT2D eigenvalue weighted by atomic mass is 19.1. The van der Waals surface area contributed by atoms with Crippen LogP contribution in [0.1, 0.15) is 64.8 Å². The average molecular weight is 452 g/mol. The molecular weight excluding hydrogens is 417 g/mol. The number of benzene rings is 1. The summed E-state index contributed by atoms with van der Waals surface area (Å²) in [5, 5.41) is 0. The van der Waals surface area contributed by atoms with Crippen LogP contribution in [0.3, 0.4) is 0 Å². The fraction of sp³-hybridized carbons (Fsp3) is 0.667. The number of esters is 1. The van der Waals surface area contributed by atoms with Crippen LogP contribution in [0.5, 0.6) is 0 Å². The van der Waals surface area contributed by atoms with Crippen LogP contribution in [0.2, 0.25) is 0 Å². The number of nitrogens with zero attached hydrogens (tertiary/aromatic N) is 1. The summed E-state index contributed by atoms with van der Waals surface area (Å²) in [4.78, 5) is 25.4. The molecule has 0 spiro atoms. The quantitative estimate of drug-likeness (QED) is 0.337. The molecule has 2 aliphatic rings. The highest BCUT2D eigenvalue weighted by Gasteiger charge is 2.31. The molecule has 178 valence electrons. The molecule has 0 N–H and O–H groups in total. The van der Waals surface area contributed by atoms with E-state index in [1.54, 1.807) is 27.2 Å². The van der Waals surface area contributed by atoms with Gasteiger partial charge in [-0.25, -0.2) is 9.18 Å². The Kier molecular flexibility index (Phi) is 8.62. The molecule has 1 aliphatic carbocycles. The van der Waals surface area contributed by atoms with Crippen molar-refractivity contribution in [2.24, 2.45) is 5.92 Å². The molecule has 0 radical (unpaired) electrons. The number of aldehydes is 1. The fourth-order valence-electron chi connectivity index (χ4n) is 5.00. The lowest BCUT2D eigenvalue weighted by molar-refractivity contribution is -0.153. The smallest absolute Gasteiger partial charge is 0.338 e. The molecule has 1 aromatic carbocycles. The van der Waals surface area contributed by atoms with Gasteiger partial charge in [-0.05, 0) is 57.1 Å². The zero-order valence-corrected chi connectivity index (χ0v) is 19.4. The molecule has 32 heavy (non-hydrogen) atoms. The van der Waals surface area contributed by atoms with Crippen LogP contribution in [0.4, 0.5) is 10.1 Å². The lowest BCUT2D eigenvalue weighted by Crippen LogP contribution is -2.40. The Bertz CT molecular complexity index is 796. The van der Waals surface area contributed by atoms with Crippen molar-refractivity contribution in [3.63, 3.8) is 0 Å². The van der Waals surface area contributed by atoms with Crippen molar-refractivity contribution in [3.8, 4) is 0 Å². The van der Waals surface area contributed by atoms with Crippen molar-refractivity contribution in [2.45, 2.75) is 63.9 Å². The van der Waals surface area contributed by atoms with Gasteiger partial charge in [-0.15, -0.1) is 0 Å².